The van der Waals surface area contributed by atoms with Gasteiger partial charge in [0.2, 0.25) is 0 Å². The summed E-state index contributed by atoms with van der Waals surface area (Å²) in [7, 11) is 0. The van der Waals surface area contributed by atoms with E-state index in [-0.39, 0.29) is 5.82 Å². The standard InChI is InChI=1S/C16H18ClFSe/c1-3-5-6-11-9-12-10-13(18)7-8-14(12)15(17)16(11)19-4-2/h7-10H,3-6H2,1-2H3. The molecule has 0 spiro atoms. The molecule has 0 atom stereocenters. The molecule has 0 unspecified atom stereocenters. The average molecular weight is 344 g/mol. The summed E-state index contributed by atoms with van der Waals surface area (Å²) in [6, 6.07) is 7.00. The van der Waals surface area contributed by atoms with Crippen LogP contribution in [0.5, 0.6) is 0 Å². The Labute approximate surface area is 125 Å². The molecule has 0 saturated carbocycles. The third-order valence-corrected chi connectivity index (χ3v) is 6.00. The molecule has 0 saturated heterocycles. The number of hydrogen-bond donors (Lipinski definition) is 0. The topological polar surface area (TPSA) is 0 Å². The molecule has 0 heterocycles. The van der Waals surface area contributed by atoms with Crippen LogP contribution in [-0.2, 0) is 6.42 Å². The molecule has 0 bridgehead atoms. The Morgan fingerprint density at radius 3 is 2.68 bits per heavy atom. The fourth-order valence-corrected chi connectivity index (χ4v) is 4.63. The van der Waals surface area contributed by atoms with Crippen LogP contribution < -0.4 is 4.46 Å². The average Bonchev–Trinajstić information content (AvgIpc) is 2.40. The number of unbranched alkanes of at least 4 members (excludes halogenated alkanes) is 1. The fourth-order valence-electron chi connectivity index (χ4n) is 2.22. The van der Waals surface area contributed by atoms with E-state index in [1.807, 2.05) is 0 Å². The minimum absolute atomic E-state index is 0.196. The summed E-state index contributed by atoms with van der Waals surface area (Å²) in [5, 5.41) is 3.88. The van der Waals surface area contributed by atoms with Gasteiger partial charge in [-0.3, -0.25) is 0 Å². The summed E-state index contributed by atoms with van der Waals surface area (Å²) in [4.78, 5) is 0. The summed E-state index contributed by atoms with van der Waals surface area (Å²) in [6.45, 7) is 4.38. The van der Waals surface area contributed by atoms with E-state index in [1.165, 1.54) is 16.1 Å². The van der Waals surface area contributed by atoms with Crippen LogP contribution in [0, 0.1) is 5.82 Å². The zero-order valence-electron chi connectivity index (χ0n) is 11.3. The molecular weight excluding hydrogens is 326 g/mol. The molecule has 3 heteroatoms. The monoisotopic (exact) mass is 344 g/mol. The molecule has 19 heavy (non-hydrogen) atoms. The van der Waals surface area contributed by atoms with Crippen LogP contribution in [0.25, 0.3) is 10.8 Å². The van der Waals surface area contributed by atoms with E-state index in [2.05, 4.69) is 19.9 Å². The van der Waals surface area contributed by atoms with Crippen molar-refractivity contribution >= 4 is 41.8 Å². The summed E-state index contributed by atoms with van der Waals surface area (Å²) >= 11 is 6.96. The van der Waals surface area contributed by atoms with Crippen molar-refractivity contribution in [3.8, 4) is 0 Å². The molecule has 2 aromatic rings. The molecule has 0 nitrogen and oxygen atoms in total. The predicted octanol–water partition coefficient (Wildman–Crippen LogP) is 4.74. The maximum absolute atomic E-state index is 13.4. The van der Waals surface area contributed by atoms with Gasteiger partial charge in [-0.05, 0) is 0 Å². The van der Waals surface area contributed by atoms with Crippen LogP contribution in [0.1, 0.15) is 32.3 Å². The molecule has 0 aliphatic heterocycles. The van der Waals surface area contributed by atoms with Crippen molar-refractivity contribution in [1.29, 1.82) is 0 Å². The molecule has 0 N–H and O–H groups in total. The van der Waals surface area contributed by atoms with Gasteiger partial charge >= 0.3 is 125 Å². The molecule has 2 aromatic carbocycles. The van der Waals surface area contributed by atoms with Crippen LogP contribution >= 0.6 is 11.6 Å². The third kappa shape index (κ3) is 3.31. The van der Waals surface area contributed by atoms with Gasteiger partial charge in [0.25, 0.3) is 0 Å². The van der Waals surface area contributed by atoms with Gasteiger partial charge in [-0.2, -0.15) is 0 Å². The van der Waals surface area contributed by atoms with Gasteiger partial charge in [-0.25, -0.2) is 0 Å². The number of fused-ring (bicyclic) bond motifs is 1. The molecule has 0 radical (unpaired) electrons. The first-order chi connectivity index (χ1) is 9.17. The summed E-state index contributed by atoms with van der Waals surface area (Å²) in [6.07, 6.45) is 3.36. The second kappa shape index (κ2) is 6.74. The number of benzene rings is 2. The fraction of sp³-hybridized carbons (Fsp3) is 0.375. The van der Waals surface area contributed by atoms with Crippen molar-refractivity contribution in [2.75, 3.05) is 0 Å². The van der Waals surface area contributed by atoms with Crippen molar-refractivity contribution in [3.63, 3.8) is 0 Å². The van der Waals surface area contributed by atoms with Gasteiger partial charge < -0.3 is 0 Å². The maximum atomic E-state index is 13.4. The van der Waals surface area contributed by atoms with Crippen molar-refractivity contribution < 1.29 is 4.39 Å². The third-order valence-electron chi connectivity index (χ3n) is 3.16. The minimum atomic E-state index is -0.196. The van der Waals surface area contributed by atoms with E-state index in [4.69, 9.17) is 11.6 Å². The van der Waals surface area contributed by atoms with E-state index < -0.39 is 0 Å². The zero-order chi connectivity index (χ0) is 13.8. The molecule has 0 aromatic heterocycles. The Kier molecular flexibility index (Phi) is 5.27. The summed E-state index contributed by atoms with van der Waals surface area (Å²) in [5.41, 5.74) is 1.31. The van der Waals surface area contributed by atoms with Gasteiger partial charge in [-0.15, -0.1) is 0 Å². The molecule has 0 aliphatic carbocycles. The van der Waals surface area contributed by atoms with Crippen LogP contribution in [0.15, 0.2) is 24.3 Å². The quantitative estimate of drug-likeness (QED) is 0.688. The van der Waals surface area contributed by atoms with E-state index in [9.17, 15) is 4.39 Å². The van der Waals surface area contributed by atoms with E-state index in [1.54, 1.807) is 12.1 Å². The Morgan fingerprint density at radius 1 is 1.21 bits per heavy atom. The molecule has 0 fully saturated rings. The first kappa shape index (κ1) is 14.8. The zero-order valence-corrected chi connectivity index (χ0v) is 13.8. The van der Waals surface area contributed by atoms with Crippen molar-refractivity contribution in [3.05, 3.63) is 40.7 Å². The molecule has 0 aliphatic rings. The Morgan fingerprint density at radius 2 is 2.00 bits per heavy atom. The number of aryl methyl sites for hydroxylation is 1. The van der Waals surface area contributed by atoms with Crippen LogP contribution in [0.3, 0.4) is 0 Å². The Bertz CT molecular complexity index is 580. The summed E-state index contributed by atoms with van der Waals surface area (Å²) < 4.78 is 14.7. The van der Waals surface area contributed by atoms with Crippen molar-refractivity contribution in [2.45, 2.75) is 38.4 Å². The first-order valence-electron chi connectivity index (χ1n) is 6.70. The van der Waals surface area contributed by atoms with Gasteiger partial charge in [0.15, 0.2) is 0 Å². The van der Waals surface area contributed by atoms with Crippen molar-refractivity contribution in [1.82, 2.24) is 0 Å². The Balaban J connectivity index is 2.59. The molecule has 2 rings (SSSR count). The van der Waals surface area contributed by atoms with Gasteiger partial charge in [0.05, 0.1) is 0 Å². The van der Waals surface area contributed by atoms with Gasteiger partial charge in [-0.1, -0.05) is 0 Å². The van der Waals surface area contributed by atoms with E-state index in [0.717, 1.165) is 40.4 Å². The van der Waals surface area contributed by atoms with Crippen LogP contribution in [-0.4, -0.2) is 15.0 Å². The molecular formula is C16H18ClFSe. The number of rotatable bonds is 5. The Hall–Kier alpha value is -0.561. The second-order valence-corrected chi connectivity index (χ2v) is 7.63. The SMILES string of the molecule is CCCCc1cc2cc(F)ccc2c(Cl)c1[Se]CC. The second-order valence-electron chi connectivity index (χ2n) is 4.58. The number of halogens is 2. The van der Waals surface area contributed by atoms with E-state index in [0.29, 0.717) is 15.0 Å². The molecule has 0 amide bonds. The first-order valence-corrected chi connectivity index (χ1v) is 9.15. The summed E-state index contributed by atoms with van der Waals surface area (Å²) in [5.74, 6) is -0.196. The van der Waals surface area contributed by atoms with Crippen LogP contribution in [0.2, 0.25) is 10.3 Å². The number of hydrogen-bond acceptors (Lipinski definition) is 0. The van der Waals surface area contributed by atoms with E-state index >= 15 is 0 Å². The van der Waals surface area contributed by atoms with Gasteiger partial charge in [0, 0.05) is 0 Å². The van der Waals surface area contributed by atoms with Crippen molar-refractivity contribution in [2.24, 2.45) is 0 Å². The molecule has 102 valence electrons. The predicted molar refractivity (Wildman–Crippen MR) is 83.4 cm³/mol. The van der Waals surface area contributed by atoms with Gasteiger partial charge in [0.1, 0.15) is 0 Å². The normalized spacial score (nSPS) is 11.2. The van der Waals surface area contributed by atoms with Crippen LogP contribution in [0.4, 0.5) is 4.39 Å².